The van der Waals surface area contributed by atoms with Crippen molar-refractivity contribution in [2.75, 3.05) is 5.32 Å². The van der Waals surface area contributed by atoms with Crippen LogP contribution in [0.2, 0.25) is 0 Å². The number of guanidine groups is 1. The van der Waals surface area contributed by atoms with Gasteiger partial charge in [0.15, 0.2) is 5.96 Å². The molecule has 6 nitrogen and oxygen atoms in total. The molecule has 0 bridgehead atoms. The molecule has 0 unspecified atom stereocenters. The summed E-state index contributed by atoms with van der Waals surface area (Å²) < 4.78 is 0. The fourth-order valence-corrected chi connectivity index (χ4v) is 1.47. The highest BCUT2D eigenvalue weighted by atomic mass is 16.1. The molecule has 0 saturated carbocycles. The van der Waals surface area contributed by atoms with Gasteiger partial charge in [-0.2, -0.15) is 0 Å². The maximum Gasteiger partial charge on any atom is 0.255 e. The van der Waals surface area contributed by atoms with Crippen LogP contribution < -0.4 is 16.8 Å². The zero-order valence-electron chi connectivity index (χ0n) is 10.1. The van der Waals surface area contributed by atoms with Crippen molar-refractivity contribution < 1.29 is 4.79 Å². The molecular weight excluding hydrogens is 242 g/mol. The van der Waals surface area contributed by atoms with E-state index in [0.29, 0.717) is 16.9 Å². The van der Waals surface area contributed by atoms with Gasteiger partial charge in [-0.3, -0.25) is 9.78 Å². The Kier molecular flexibility index (Phi) is 3.72. The van der Waals surface area contributed by atoms with Crippen molar-refractivity contribution in [3.63, 3.8) is 0 Å². The fraction of sp³-hybridized carbons (Fsp3) is 0. The molecule has 1 aromatic heterocycles. The monoisotopic (exact) mass is 255 g/mol. The van der Waals surface area contributed by atoms with E-state index in [-0.39, 0.29) is 11.9 Å². The lowest BCUT2D eigenvalue weighted by molar-refractivity contribution is 0.102. The first-order valence-electron chi connectivity index (χ1n) is 5.56. The molecule has 96 valence electrons. The molecule has 2 aromatic rings. The number of aromatic nitrogens is 1. The van der Waals surface area contributed by atoms with Gasteiger partial charge in [-0.1, -0.05) is 0 Å². The largest absolute Gasteiger partial charge is 0.370 e. The Labute approximate surface area is 110 Å². The number of benzene rings is 1. The summed E-state index contributed by atoms with van der Waals surface area (Å²) in [6, 6.07) is 10.1. The van der Waals surface area contributed by atoms with Crippen molar-refractivity contribution in [2.45, 2.75) is 0 Å². The fourth-order valence-electron chi connectivity index (χ4n) is 1.47. The predicted octanol–water partition coefficient (Wildman–Crippen LogP) is 1.24. The van der Waals surface area contributed by atoms with Gasteiger partial charge in [0.25, 0.3) is 5.91 Å². The van der Waals surface area contributed by atoms with Crippen LogP contribution in [-0.2, 0) is 0 Å². The van der Waals surface area contributed by atoms with Gasteiger partial charge in [0, 0.05) is 23.6 Å². The van der Waals surface area contributed by atoms with E-state index in [2.05, 4.69) is 15.3 Å². The lowest BCUT2D eigenvalue weighted by atomic mass is 10.2. The van der Waals surface area contributed by atoms with Crippen LogP contribution in [0.4, 0.5) is 11.4 Å². The SMILES string of the molecule is NC(N)=Nc1ccc(C(=O)Nc2ccncc2)cc1. The molecule has 0 radical (unpaired) electrons. The number of nitrogens with two attached hydrogens (primary N) is 2. The van der Waals surface area contributed by atoms with Crippen molar-refractivity contribution >= 4 is 23.2 Å². The first-order valence-corrected chi connectivity index (χ1v) is 5.56. The molecule has 0 saturated heterocycles. The Hall–Kier alpha value is -2.89. The second kappa shape index (κ2) is 5.63. The average Bonchev–Trinajstić information content (AvgIpc) is 2.40. The second-order valence-corrected chi connectivity index (χ2v) is 3.77. The molecule has 1 amide bonds. The Bertz CT molecular complexity index is 588. The number of aliphatic imine (C=N–C) groups is 1. The molecule has 0 fully saturated rings. The maximum atomic E-state index is 11.9. The first kappa shape index (κ1) is 12.6. The molecule has 19 heavy (non-hydrogen) atoms. The minimum atomic E-state index is -0.206. The van der Waals surface area contributed by atoms with E-state index in [4.69, 9.17) is 11.5 Å². The molecule has 0 aliphatic rings. The number of carbonyl (C=O) groups is 1. The highest BCUT2D eigenvalue weighted by molar-refractivity contribution is 6.04. The van der Waals surface area contributed by atoms with E-state index >= 15 is 0 Å². The molecule has 1 aromatic carbocycles. The summed E-state index contributed by atoms with van der Waals surface area (Å²) in [5.74, 6) is -0.226. The number of hydrogen-bond acceptors (Lipinski definition) is 3. The third kappa shape index (κ3) is 3.53. The van der Waals surface area contributed by atoms with Crippen LogP contribution in [0.15, 0.2) is 53.8 Å². The van der Waals surface area contributed by atoms with Gasteiger partial charge < -0.3 is 16.8 Å². The smallest absolute Gasteiger partial charge is 0.255 e. The van der Waals surface area contributed by atoms with Gasteiger partial charge in [0.05, 0.1) is 5.69 Å². The van der Waals surface area contributed by atoms with E-state index in [9.17, 15) is 4.79 Å². The van der Waals surface area contributed by atoms with Crippen molar-refractivity contribution in [1.29, 1.82) is 0 Å². The van der Waals surface area contributed by atoms with Crippen LogP contribution in [0.3, 0.4) is 0 Å². The average molecular weight is 255 g/mol. The number of nitrogens with one attached hydrogen (secondary N) is 1. The number of carbonyl (C=O) groups excluding carboxylic acids is 1. The molecule has 2 rings (SSSR count). The summed E-state index contributed by atoms with van der Waals surface area (Å²) in [5.41, 5.74) is 12.3. The van der Waals surface area contributed by atoms with Crippen LogP contribution >= 0.6 is 0 Å². The van der Waals surface area contributed by atoms with Crippen molar-refractivity contribution in [2.24, 2.45) is 16.5 Å². The molecule has 5 N–H and O–H groups in total. The number of rotatable bonds is 3. The lowest BCUT2D eigenvalue weighted by Crippen LogP contribution is -2.21. The number of anilines is 1. The minimum Gasteiger partial charge on any atom is -0.370 e. The van der Waals surface area contributed by atoms with Crippen molar-refractivity contribution in [3.8, 4) is 0 Å². The zero-order valence-corrected chi connectivity index (χ0v) is 10.1. The van der Waals surface area contributed by atoms with E-state index in [1.54, 1.807) is 48.8 Å². The van der Waals surface area contributed by atoms with E-state index in [1.165, 1.54) is 0 Å². The number of amides is 1. The lowest BCUT2D eigenvalue weighted by Gasteiger charge is -2.04. The molecule has 0 aliphatic heterocycles. The maximum absolute atomic E-state index is 11.9. The van der Waals surface area contributed by atoms with E-state index < -0.39 is 0 Å². The summed E-state index contributed by atoms with van der Waals surface area (Å²) in [7, 11) is 0. The van der Waals surface area contributed by atoms with Crippen LogP contribution in [0, 0.1) is 0 Å². The van der Waals surface area contributed by atoms with Gasteiger partial charge in [0.1, 0.15) is 0 Å². The summed E-state index contributed by atoms with van der Waals surface area (Å²) in [4.78, 5) is 19.7. The van der Waals surface area contributed by atoms with Crippen LogP contribution in [0.25, 0.3) is 0 Å². The van der Waals surface area contributed by atoms with Crippen LogP contribution in [-0.4, -0.2) is 16.9 Å². The van der Waals surface area contributed by atoms with E-state index in [1.807, 2.05) is 0 Å². The van der Waals surface area contributed by atoms with E-state index in [0.717, 1.165) is 0 Å². The van der Waals surface area contributed by atoms with Crippen LogP contribution in [0.5, 0.6) is 0 Å². The molecule has 0 spiro atoms. The molecule has 0 atom stereocenters. The normalized spacial score (nSPS) is 9.68. The van der Waals surface area contributed by atoms with Gasteiger partial charge in [0.2, 0.25) is 0 Å². The third-order valence-corrected chi connectivity index (χ3v) is 2.33. The molecular formula is C13H13N5O. The standard InChI is InChI=1S/C13H13N5O/c14-13(15)18-10-3-1-9(2-4-10)12(19)17-11-5-7-16-8-6-11/h1-8H,(H4,14,15,18)(H,16,17,19). The predicted molar refractivity (Wildman–Crippen MR) is 74.1 cm³/mol. The van der Waals surface area contributed by atoms with Crippen molar-refractivity contribution in [1.82, 2.24) is 4.98 Å². The topological polar surface area (TPSA) is 106 Å². The Morgan fingerprint density at radius 3 is 2.26 bits per heavy atom. The zero-order chi connectivity index (χ0) is 13.7. The van der Waals surface area contributed by atoms with Gasteiger partial charge >= 0.3 is 0 Å². The number of nitrogens with zero attached hydrogens (tertiary/aromatic N) is 2. The first-order chi connectivity index (χ1) is 9.15. The number of hydrogen-bond donors (Lipinski definition) is 3. The quantitative estimate of drug-likeness (QED) is 0.566. The molecule has 6 heteroatoms. The summed E-state index contributed by atoms with van der Waals surface area (Å²) >= 11 is 0. The Morgan fingerprint density at radius 1 is 1.05 bits per heavy atom. The Balaban J connectivity index is 2.10. The summed E-state index contributed by atoms with van der Waals surface area (Å²) in [6.45, 7) is 0. The summed E-state index contributed by atoms with van der Waals surface area (Å²) in [6.07, 6.45) is 3.22. The highest BCUT2D eigenvalue weighted by Gasteiger charge is 2.05. The van der Waals surface area contributed by atoms with Gasteiger partial charge in [-0.15, -0.1) is 0 Å². The minimum absolute atomic E-state index is 0.0195. The van der Waals surface area contributed by atoms with Crippen LogP contribution in [0.1, 0.15) is 10.4 Å². The number of pyridine rings is 1. The second-order valence-electron chi connectivity index (χ2n) is 3.77. The van der Waals surface area contributed by atoms with Gasteiger partial charge in [-0.05, 0) is 36.4 Å². The Morgan fingerprint density at radius 2 is 1.68 bits per heavy atom. The molecule has 1 heterocycles. The summed E-state index contributed by atoms with van der Waals surface area (Å²) in [5, 5.41) is 2.75. The van der Waals surface area contributed by atoms with Crippen molar-refractivity contribution in [3.05, 3.63) is 54.4 Å². The molecule has 0 aliphatic carbocycles. The van der Waals surface area contributed by atoms with Gasteiger partial charge in [-0.25, -0.2) is 4.99 Å². The third-order valence-electron chi connectivity index (χ3n) is 2.33. The highest BCUT2D eigenvalue weighted by Crippen LogP contribution is 2.14.